The molecule has 0 aromatic heterocycles. The van der Waals surface area contributed by atoms with Crippen LogP contribution in [-0.2, 0) is 42.8 Å². The van der Waals surface area contributed by atoms with Crippen molar-refractivity contribution < 1.29 is 42.8 Å². The number of ether oxygens (including phenoxy) is 6. The number of esters is 3. The minimum atomic E-state index is -1.05. The fourth-order valence-electron chi connectivity index (χ4n) is 1.13. The third-order valence-corrected chi connectivity index (χ3v) is 1.93. The summed E-state index contributed by atoms with van der Waals surface area (Å²) in [5, 5.41) is 0. The maximum absolute atomic E-state index is 10.6. The van der Waals surface area contributed by atoms with E-state index in [-0.39, 0.29) is 39.6 Å². The zero-order valence-electron chi connectivity index (χ0n) is 13.0. The molecule has 0 aromatic rings. The molecule has 0 aliphatic heterocycles. The van der Waals surface area contributed by atoms with E-state index in [1.54, 1.807) is 0 Å². The molecule has 0 rings (SSSR count). The van der Waals surface area contributed by atoms with E-state index in [0.717, 1.165) is 0 Å². The molecule has 22 heavy (non-hydrogen) atoms. The number of hydrogen-bond donors (Lipinski definition) is 0. The highest BCUT2D eigenvalue weighted by atomic mass is 16.8. The molecular weight excluding hydrogens is 300 g/mol. The highest BCUT2D eigenvalue weighted by Gasteiger charge is 2.11. The van der Waals surface area contributed by atoms with Gasteiger partial charge in [-0.2, -0.15) is 0 Å². The lowest BCUT2D eigenvalue weighted by molar-refractivity contribution is -0.294. The summed E-state index contributed by atoms with van der Waals surface area (Å²) >= 11 is 0. The molecule has 0 N–H and O–H groups in total. The molecule has 0 saturated carbocycles. The zero-order valence-corrected chi connectivity index (χ0v) is 13.0. The largest absolute Gasteiger partial charge is 0.463 e. The standard InChI is InChI=1S/C13H22O9/c1-10(14)17-4-7-20-13(21-8-5-18-11(2)15)22-9-6-19-12(3)16/h13H,4-9H2,1-3H3. The molecule has 0 radical (unpaired) electrons. The normalized spacial score (nSPS) is 10.4. The van der Waals surface area contributed by atoms with Gasteiger partial charge in [0.05, 0.1) is 19.8 Å². The van der Waals surface area contributed by atoms with Crippen LogP contribution in [0.3, 0.4) is 0 Å². The first-order chi connectivity index (χ1) is 10.4. The molecule has 0 aliphatic rings. The van der Waals surface area contributed by atoms with Gasteiger partial charge in [0.25, 0.3) is 6.48 Å². The quantitative estimate of drug-likeness (QED) is 0.212. The fraction of sp³-hybridized carbons (Fsp3) is 0.769. The van der Waals surface area contributed by atoms with E-state index in [2.05, 4.69) is 0 Å². The maximum atomic E-state index is 10.6. The Morgan fingerprint density at radius 2 is 0.864 bits per heavy atom. The number of hydrogen-bond acceptors (Lipinski definition) is 9. The predicted molar refractivity (Wildman–Crippen MR) is 71.5 cm³/mol. The van der Waals surface area contributed by atoms with Gasteiger partial charge in [-0.05, 0) is 0 Å². The van der Waals surface area contributed by atoms with Gasteiger partial charge >= 0.3 is 17.9 Å². The Labute approximate surface area is 128 Å². The van der Waals surface area contributed by atoms with Crippen LogP contribution in [0.25, 0.3) is 0 Å². The first-order valence-corrected chi connectivity index (χ1v) is 6.66. The Balaban J connectivity index is 3.93. The molecule has 128 valence electrons. The molecule has 0 saturated heterocycles. The first-order valence-electron chi connectivity index (χ1n) is 6.66. The summed E-state index contributed by atoms with van der Waals surface area (Å²) in [5.41, 5.74) is 0. The van der Waals surface area contributed by atoms with Crippen LogP contribution in [0.2, 0.25) is 0 Å². The highest BCUT2D eigenvalue weighted by Crippen LogP contribution is 1.99. The molecule has 0 atom stereocenters. The highest BCUT2D eigenvalue weighted by molar-refractivity contribution is 5.66. The molecule has 0 bridgehead atoms. The molecular formula is C13H22O9. The summed E-state index contributed by atoms with van der Waals surface area (Å²) in [6, 6.07) is 0. The third-order valence-electron chi connectivity index (χ3n) is 1.93. The lowest BCUT2D eigenvalue weighted by atomic mass is 10.7. The summed E-state index contributed by atoms with van der Waals surface area (Å²) in [6.45, 7) is 3.11. The summed E-state index contributed by atoms with van der Waals surface area (Å²) < 4.78 is 29.7. The lowest BCUT2D eigenvalue weighted by Crippen LogP contribution is -2.27. The summed E-state index contributed by atoms with van der Waals surface area (Å²) in [6.07, 6.45) is 0. The third kappa shape index (κ3) is 14.7. The monoisotopic (exact) mass is 322 g/mol. The minimum absolute atomic E-state index is 0.0481. The van der Waals surface area contributed by atoms with Gasteiger partial charge < -0.3 is 28.4 Å². The molecule has 0 aliphatic carbocycles. The van der Waals surface area contributed by atoms with Crippen LogP contribution in [0.15, 0.2) is 0 Å². The molecule has 9 heteroatoms. The van der Waals surface area contributed by atoms with Gasteiger partial charge in [0.15, 0.2) is 0 Å². The second kappa shape index (κ2) is 13.0. The summed E-state index contributed by atoms with van der Waals surface area (Å²) in [4.78, 5) is 31.8. The van der Waals surface area contributed by atoms with Crippen LogP contribution in [-0.4, -0.2) is 64.0 Å². The average Bonchev–Trinajstić information content (AvgIpc) is 2.42. The first kappa shape index (κ1) is 20.3. The van der Waals surface area contributed by atoms with E-state index in [9.17, 15) is 14.4 Å². The molecule has 0 spiro atoms. The molecule has 0 unspecified atom stereocenters. The topological polar surface area (TPSA) is 107 Å². The van der Waals surface area contributed by atoms with Crippen molar-refractivity contribution >= 4 is 17.9 Å². The Hall–Kier alpha value is -1.71. The van der Waals surface area contributed by atoms with Gasteiger partial charge in [-0.15, -0.1) is 0 Å². The Bertz CT molecular complexity index is 290. The van der Waals surface area contributed by atoms with Crippen LogP contribution in [0.4, 0.5) is 0 Å². The number of rotatable bonds is 12. The van der Waals surface area contributed by atoms with E-state index < -0.39 is 24.4 Å². The van der Waals surface area contributed by atoms with Gasteiger partial charge in [0.1, 0.15) is 19.8 Å². The predicted octanol–water partition coefficient (Wildman–Crippen LogP) is 0.00910. The van der Waals surface area contributed by atoms with Gasteiger partial charge in [0, 0.05) is 20.8 Å². The van der Waals surface area contributed by atoms with Crippen molar-refractivity contribution in [1.82, 2.24) is 0 Å². The van der Waals surface area contributed by atoms with Crippen molar-refractivity contribution in [3.8, 4) is 0 Å². The molecule has 0 amide bonds. The van der Waals surface area contributed by atoms with Gasteiger partial charge in [0.2, 0.25) is 0 Å². The average molecular weight is 322 g/mol. The van der Waals surface area contributed by atoms with Crippen LogP contribution in [0.1, 0.15) is 20.8 Å². The molecule has 0 aromatic carbocycles. The molecule has 9 nitrogen and oxygen atoms in total. The van der Waals surface area contributed by atoms with Crippen molar-refractivity contribution in [3.05, 3.63) is 0 Å². The second-order valence-corrected chi connectivity index (χ2v) is 3.92. The number of carbonyl (C=O) groups is 3. The summed E-state index contributed by atoms with van der Waals surface area (Å²) in [5.74, 6) is -1.27. The van der Waals surface area contributed by atoms with Crippen LogP contribution in [0.5, 0.6) is 0 Å². The zero-order chi connectivity index (χ0) is 16.8. The van der Waals surface area contributed by atoms with E-state index in [4.69, 9.17) is 28.4 Å². The van der Waals surface area contributed by atoms with E-state index >= 15 is 0 Å². The Kier molecular flexibility index (Phi) is 12.0. The van der Waals surface area contributed by atoms with Crippen LogP contribution in [0, 0.1) is 0 Å². The van der Waals surface area contributed by atoms with E-state index in [1.165, 1.54) is 20.8 Å². The van der Waals surface area contributed by atoms with Crippen molar-refractivity contribution in [2.75, 3.05) is 39.6 Å². The minimum Gasteiger partial charge on any atom is -0.463 e. The van der Waals surface area contributed by atoms with E-state index in [0.29, 0.717) is 0 Å². The Morgan fingerprint density at radius 1 is 0.591 bits per heavy atom. The van der Waals surface area contributed by atoms with Crippen molar-refractivity contribution in [1.29, 1.82) is 0 Å². The van der Waals surface area contributed by atoms with Crippen LogP contribution < -0.4 is 0 Å². The van der Waals surface area contributed by atoms with E-state index in [1.807, 2.05) is 0 Å². The van der Waals surface area contributed by atoms with Gasteiger partial charge in [-0.1, -0.05) is 0 Å². The van der Waals surface area contributed by atoms with Gasteiger partial charge in [-0.25, -0.2) is 0 Å². The van der Waals surface area contributed by atoms with Crippen molar-refractivity contribution in [2.45, 2.75) is 27.2 Å². The second-order valence-electron chi connectivity index (χ2n) is 3.92. The van der Waals surface area contributed by atoms with Crippen molar-refractivity contribution in [2.24, 2.45) is 0 Å². The SMILES string of the molecule is CC(=O)OCCOC(OCCOC(C)=O)OCCOC(C)=O. The lowest BCUT2D eigenvalue weighted by Gasteiger charge is -2.18. The fourth-order valence-corrected chi connectivity index (χ4v) is 1.13. The Morgan fingerprint density at radius 3 is 1.09 bits per heavy atom. The molecule has 0 heterocycles. The maximum Gasteiger partial charge on any atom is 0.302 e. The van der Waals surface area contributed by atoms with Crippen molar-refractivity contribution in [3.63, 3.8) is 0 Å². The molecule has 0 fully saturated rings. The van der Waals surface area contributed by atoms with Gasteiger partial charge in [-0.3, -0.25) is 14.4 Å². The summed E-state index contributed by atoms with van der Waals surface area (Å²) in [7, 11) is 0. The number of carbonyl (C=O) groups excluding carboxylic acids is 3. The smallest absolute Gasteiger partial charge is 0.302 e. The van der Waals surface area contributed by atoms with Crippen LogP contribution >= 0.6 is 0 Å².